The molecule has 1 aromatic heterocycles. The molecule has 0 atom stereocenters. The lowest BCUT2D eigenvalue weighted by molar-refractivity contribution is -0.129. The fourth-order valence-electron chi connectivity index (χ4n) is 3.74. The van der Waals surface area contributed by atoms with Crippen molar-refractivity contribution in [2.24, 2.45) is 4.99 Å². The summed E-state index contributed by atoms with van der Waals surface area (Å²) in [5.74, 6) is -0.130. The van der Waals surface area contributed by atoms with E-state index in [-0.39, 0.29) is 5.70 Å². The number of aliphatic imine (C=N–C) groups is 1. The van der Waals surface area contributed by atoms with Gasteiger partial charge in [0.05, 0.1) is 11.4 Å². The first-order valence-electron chi connectivity index (χ1n) is 9.74. The van der Waals surface area contributed by atoms with Gasteiger partial charge in [-0.25, -0.2) is 14.5 Å². The molecule has 0 N–H and O–H groups in total. The maximum absolute atomic E-state index is 12.4. The quantitative estimate of drug-likeness (QED) is 0.364. The number of aryl methyl sites for hydroxylation is 1. The van der Waals surface area contributed by atoms with Crippen molar-refractivity contribution < 1.29 is 9.53 Å². The molecule has 0 unspecified atom stereocenters. The Kier molecular flexibility index (Phi) is 4.29. The number of hydrogen-bond acceptors (Lipinski definition) is 4. The van der Waals surface area contributed by atoms with Crippen molar-refractivity contribution in [3.63, 3.8) is 0 Å². The van der Waals surface area contributed by atoms with E-state index < -0.39 is 5.97 Å². The number of ether oxygens (including phenoxy) is 1. The van der Waals surface area contributed by atoms with Gasteiger partial charge in [-0.1, -0.05) is 54.6 Å². The second-order valence-corrected chi connectivity index (χ2v) is 7.20. The maximum atomic E-state index is 12.4. The van der Waals surface area contributed by atoms with Crippen LogP contribution in [0.2, 0.25) is 0 Å². The smallest absolute Gasteiger partial charge is 0.363 e. The summed E-state index contributed by atoms with van der Waals surface area (Å²) >= 11 is 0. The van der Waals surface area contributed by atoms with Crippen molar-refractivity contribution in [3.05, 3.63) is 101 Å². The van der Waals surface area contributed by atoms with Gasteiger partial charge in [0.25, 0.3) is 0 Å². The van der Waals surface area contributed by atoms with Gasteiger partial charge in [0, 0.05) is 22.2 Å². The Labute approximate surface area is 173 Å². The van der Waals surface area contributed by atoms with E-state index in [2.05, 4.69) is 23.2 Å². The minimum absolute atomic E-state index is 0.275. The van der Waals surface area contributed by atoms with Gasteiger partial charge in [0.15, 0.2) is 5.70 Å². The third-order valence-corrected chi connectivity index (χ3v) is 5.26. The summed E-state index contributed by atoms with van der Waals surface area (Å²) in [5.41, 5.74) is 4.68. The van der Waals surface area contributed by atoms with Crippen molar-refractivity contribution in [2.45, 2.75) is 13.8 Å². The average Bonchev–Trinajstić information content (AvgIpc) is 3.28. The molecule has 2 heterocycles. The van der Waals surface area contributed by atoms with Crippen LogP contribution in [0.1, 0.15) is 22.5 Å². The maximum Gasteiger partial charge on any atom is 0.363 e. The summed E-state index contributed by atoms with van der Waals surface area (Å²) < 4.78 is 7.30. The molecule has 0 fully saturated rings. The van der Waals surface area contributed by atoms with Gasteiger partial charge in [-0.2, -0.15) is 5.10 Å². The molecule has 1 aliphatic heterocycles. The summed E-state index contributed by atoms with van der Waals surface area (Å²) in [4.78, 5) is 16.8. The van der Waals surface area contributed by atoms with Crippen LogP contribution in [0.4, 0.5) is 0 Å². The van der Waals surface area contributed by atoms with Gasteiger partial charge in [-0.05, 0) is 43.5 Å². The van der Waals surface area contributed by atoms with Crippen molar-refractivity contribution in [3.8, 4) is 5.69 Å². The molecule has 0 saturated carbocycles. The van der Waals surface area contributed by atoms with Crippen molar-refractivity contribution in [1.29, 1.82) is 0 Å². The summed E-state index contributed by atoms with van der Waals surface area (Å²) in [6.45, 7) is 3.93. The van der Waals surface area contributed by atoms with Gasteiger partial charge < -0.3 is 4.74 Å². The van der Waals surface area contributed by atoms with Gasteiger partial charge >= 0.3 is 5.97 Å². The first-order chi connectivity index (χ1) is 14.6. The van der Waals surface area contributed by atoms with Crippen molar-refractivity contribution >= 4 is 28.7 Å². The van der Waals surface area contributed by atoms with Gasteiger partial charge in [-0.3, -0.25) is 0 Å². The molecule has 5 rings (SSSR count). The van der Waals surface area contributed by atoms with Gasteiger partial charge in [0.2, 0.25) is 5.90 Å². The molecule has 0 spiro atoms. The van der Waals surface area contributed by atoms with Crippen LogP contribution in [-0.2, 0) is 9.53 Å². The molecule has 0 bridgehead atoms. The molecule has 30 heavy (non-hydrogen) atoms. The molecule has 0 saturated heterocycles. The van der Waals surface area contributed by atoms with Crippen LogP contribution in [0.15, 0.2) is 83.5 Å². The molecular weight excluding hydrogens is 374 g/mol. The van der Waals surface area contributed by atoms with E-state index >= 15 is 0 Å². The van der Waals surface area contributed by atoms with Crippen LogP contribution in [-0.4, -0.2) is 21.6 Å². The summed E-state index contributed by atoms with van der Waals surface area (Å²) in [7, 11) is 0. The first kappa shape index (κ1) is 18.1. The number of carbonyl (C=O) groups excluding carboxylic acids is 1. The second kappa shape index (κ2) is 7.12. The Bertz CT molecular complexity index is 1340. The standard InChI is InChI=1S/C25H19N3O2/c1-16-21(15-22-25(29)30-24(26-22)19-10-4-3-5-11-19)17(2)28(27-16)23-14-8-12-18-9-6-7-13-20(18)23/h3-15H,1-2H3/b22-15-. The fourth-order valence-corrected chi connectivity index (χ4v) is 3.74. The zero-order valence-corrected chi connectivity index (χ0v) is 16.7. The summed E-state index contributed by atoms with van der Waals surface area (Å²) in [5, 5.41) is 7.02. The number of carbonyl (C=O) groups is 1. The second-order valence-electron chi connectivity index (χ2n) is 7.20. The lowest BCUT2D eigenvalue weighted by Crippen LogP contribution is -2.05. The molecule has 5 nitrogen and oxygen atoms in total. The number of nitrogens with zero attached hydrogens (tertiary/aromatic N) is 3. The number of hydrogen-bond donors (Lipinski definition) is 0. The van der Waals surface area contributed by atoms with Gasteiger partial charge in [0.1, 0.15) is 0 Å². The average molecular weight is 393 g/mol. The number of rotatable bonds is 3. The number of fused-ring (bicyclic) bond motifs is 1. The molecule has 4 aromatic rings. The lowest BCUT2D eigenvalue weighted by atomic mass is 10.1. The Morgan fingerprint density at radius 2 is 1.63 bits per heavy atom. The highest BCUT2D eigenvalue weighted by molar-refractivity contribution is 6.12. The number of cyclic esters (lactones) is 1. The number of esters is 1. The third kappa shape index (κ3) is 3.01. The normalized spacial score (nSPS) is 14.9. The number of aromatic nitrogens is 2. The molecule has 5 heteroatoms. The van der Waals surface area contributed by atoms with E-state index in [4.69, 9.17) is 9.84 Å². The molecule has 1 aliphatic rings. The van der Waals surface area contributed by atoms with Crippen LogP contribution < -0.4 is 0 Å². The van der Waals surface area contributed by atoms with E-state index in [0.29, 0.717) is 5.90 Å². The van der Waals surface area contributed by atoms with Crippen LogP contribution in [0.25, 0.3) is 22.5 Å². The van der Waals surface area contributed by atoms with Crippen LogP contribution >= 0.6 is 0 Å². The topological polar surface area (TPSA) is 56.5 Å². The summed E-state index contributed by atoms with van der Waals surface area (Å²) in [6.07, 6.45) is 1.76. The minimum atomic E-state index is -0.453. The largest absolute Gasteiger partial charge is 0.402 e. The molecule has 146 valence electrons. The first-order valence-corrected chi connectivity index (χ1v) is 9.74. The Balaban J connectivity index is 1.59. The molecule has 0 aliphatic carbocycles. The minimum Gasteiger partial charge on any atom is -0.402 e. The lowest BCUT2D eigenvalue weighted by Gasteiger charge is -2.08. The van der Waals surface area contributed by atoms with Crippen molar-refractivity contribution in [2.75, 3.05) is 0 Å². The highest BCUT2D eigenvalue weighted by Crippen LogP contribution is 2.27. The van der Waals surface area contributed by atoms with E-state index in [9.17, 15) is 4.79 Å². The van der Waals surface area contributed by atoms with Crippen molar-refractivity contribution in [1.82, 2.24) is 9.78 Å². The summed E-state index contributed by atoms with van der Waals surface area (Å²) in [6, 6.07) is 23.8. The predicted octanol–water partition coefficient (Wildman–Crippen LogP) is 4.99. The van der Waals surface area contributed by atoms with Crippen LogP contribution in [0.3, 0.4) is 0 Å². The third-order valence-electron chi connectivity index (χ3n) is 5.26. The fraction of sp³-hybridized carbons (Fsp3) is 0.0800. The highest BCUT2D eigenvalue weighted by Gasteiger charge is 2.25. The molecule has 0 radical (unpaired) electrons. The van der Waals surface area contributed by atoms with Crippen LogP contribution in [0, 0.1) is 13.8 Å². The SMILES string of the molecule is Cc1nn(-c2cccc3ccccc23)c(C)c1/C=C1\N=C(c2ccccc2)OC1=O. The molecule has 0 amide bonds. The van der Waals surface area contributed by atoms with E-state index in [1.165, 1.54) is 0 Å². The zero-order valence-electron chi connectivity index (χ0n) is 16.7. The van der Waals surface area contributed by atoms with Crippen LogP contribution in [0.5, 0.6) is 0 Å². The van der Waals surface area contributed by atoms with E-state index in [1.807, 2.05) is 73.1 Å². The van der Waals surface area contributed by atoms with E-state index in [0.717, 1.165) is 39.0 Å². The molecular formula is C25H19N3O2. The van der Waals surface area contributed by atoms with Gasteiger partial charge in [-0.15, -0.1) is 0 Å². The Morgan fingerprint density at radius 1 is 0.900 bits per heavy atom. The molecule has 3 aromatic carbocycles. The van der Waals surface area contributed by atoms with E-state index in [1.54, 1.807) is 6.08 Å². The predicted molar refractivity (Wildman–Crippen MR) is 118 cm³/mol. The number of benzene rings is 3. The Hall–Kier alpha value is -3.99. The highest BCUT2D eigenvalue weighted by atomic mass is 16.6. The monoisotopic (exact) mass is 393 g/mol. The Morgan fingerprint density at radius 3 is 2.47 bits per heavy atom. The zero-order chi connectivity index (χ0) is 20.7.